The number of aryl methyl sites for hydroxylation is 1. The lowest BCUT2D eigenvalue weighted by Crippen LogP contribution is -2.57. The number of amides is 1. The third kappa shape index (κ3) is 4.19. The van der Waals surface area contributed by atoms with Gasteiger partial charge >= 0.3 is 0 Å². The minimum atomic E-state index is -1.47. The Labute approximate surface area is 151 Å². The molecule has 0 aliphatic heterocycles. The minimum Gasteiger partial charge on any atom is -0.394 e. The molecule has 1 amide bonds. The molecule has 7 nitrogen and oxygen atoms in total. The van der Waals surface area contributed by atoms with E-state index in [0.29, 0.717) is 17.0 Å². The highest BCUT2D eigenvalue weighted by Crippen LogP contribution is 2.15. The van der Waals surface area contributed by atoms with Crippen LogP contribution < -0.4 is 5.32 Å². The van der Waals surface area contributed by atoms with E-state index >= 15 is 0 Å². The summed E-state index contributed by atoms with van der Waals surface area (Å²) in [5, 5.41) is 30.3. The van der Waals surface area contributed by atoms with Crippen molar-refractivity contribution in [2.24, 2.45) is 7.05 Å². The molecule has 1 aromatic heterocycles. The highest BCUT2D eigenvalue weighted by molar-refractivity contribution is 6.08. The van der Waals surface area contributed by atoms with E-state index in [1.807, 2.05) is 19.1 Å². The Morgan fingerprint density at radius 2 is 1.58 bits per heavy atom. The first-order valence-electron chi connectivity index (χ1n) is 8.25. The van der Waals surface area contributed by atoms with Gasteiger partial charge in [0, 0.05) is 18.3 Å². The van der Waals surface area contributed by atoms with Gasteiger partial charge < -0.3 is 25.2 Å². The predicted octanol–water partition coefficient (Wildman–Crippen LogP) is -0.0611. The normalized spacial score (nSPS) is 11.4. The van der Waals surface area contributed by atoms with Crippen LogP contribution in [0.3, 0.4) is 0 Å². The van der Waals surface area contributed by atoms with Gasteiger partial charge in [-0.1, -0.05) is 29.8 Å². The number of nitrogens with zero attached hydrogens (tertiary/aromatic N) is 1. The Morgan fingerprint density at radius 3 is 2.12 bits per heavy atom. The zero-order valence-electron chi connectivity index (χ0n) is 14.9. The number of aliphatic hydroxyl groups excluding tert-OH is 3. The molecule has 0 aliphatic carbocycles. The van der Waals surface area contributed by atoms with Crippen LogP contribution in [0.15, 0.2) is 36.4 Å². The van der Waals surface area contributed by atoms with Crippen LogP contribution in [0.5, 0.6) is 0 Å². The average Bonchev–Trinajstić information content (AvgIpc) is 3.00. The van der Waals surface area contributed by atoms with E-state index < -0.39 is 31.3 Å². The summed E-state index contributed by atoms with van der Waals surface area (Å²) in [4.78, 5) is 24.8. The van der Waals surface area contributed by atoms with Gasteiger partial charge in [0.2, 0.25) is 11.7 Å². The fraction of sp³-hybridized carbons (Fsp3) is 0.368. The van der Waals surface area contributed by atoms with Crippen LogP contribution in [0.1, 0.15) is 27.3 Å². The summed E-state index contributed by atoms with van der Waals surface area (Å²) >= 11 is 0. The van der Waals surface area contributed by atoms with Crippen molar-refractivity contribution >= 4 is 11.7 Å². The van der Waals surface area contributed by atoms with Crippen LogP contribution in [0.2, 0.25) is 0 Å². The molecule has 4 N–H and O–H groups in total. The fourth-order valence-electron chi connectivity index (χ4n) is 2.58. The van der Waals surface area contributed by atoms with Gasteiger partial charge in [0.15, 0.2) is 0 Å². The first-order chi connectivity index (χ1) is 12.4. The second-order valence-electron chi connectivity index (χ2n) is 6.44. The first kappa shape index (κ1) is 19.8. The number of nitrogens with one attached hydrogen (secondary N) is 1. The third-order valence-corrected chi connectivity index (χ3v) is 4.43. The Bertz CT molecular complexity index is 767. The number of ketones is 1. The van der Waals surface area contributed by atoms with Gasteiger partial charge in [-0.15, -0.1) is 0 Å². The Hall–Kier alpha value is -2.48. The van der Waals surface area contributed by atoms with Crippen LogP contribution >= 0.6 is 0 Å². The molecule has 0 bridgehead atoms. The topological polar surface area (TPSA) is 112 Å². The lowest BCUT2D eigenvalue weighted by molar-refractivity contribution is -0.124. The number of aromatic nitrogens is 1. The highest BCUT2D eigenvalue weighted by Gasteiger charge is 2.30. The maximum atomic E-state index is 12.6. The number of hydrogen-bond donors (Lipinski definition) is 4. The highest BCUT2D eigenvalue weighted by atomic mass is 16.3. The van der Waals surface area contributed by atoms with E-state index in [1.54, 1.807) is 35.9 Å². The molecular formula is C19H24N2O5. The lowest BCUT2D eigenvalue weighted by atomic mass is 10.0. The summed E-state index contributed by atoms with van der Waals surface area (Å²) in [7, 11) is 1.70. The molecular weight excluding hydrogens is 336 g/mol. The van der Waals surface area contributed by atoms with Crippen molar-refractivity contribution in [3.8, 4) is 0 Å². The molecule has 0 saturated heterocycles. The number of hydrogen-bond acceptors (Lipinski definition) is 5. The Balaban J connectivity index is 2.14. The molecule has 0 radical (unpaired) electrons. The smallest absolute Gasteiger partial charge is 0.226 e. The molecule has 0 fully saturated rings. The molecule has 0 unspecified atom stereocenters. The van der Waals surface area contributed by atoms with Crippen LogP contribution in [0.25, 0.3) is 0 Å². The van der Waals surface area contributed by atoms with Crippen molar-refractivity contribution in [3.63, 3.8) is 0 Å². The van der Waals surface area contributed by atoms with Crippen LogP contribution in [0, 0.1) is 6.92 Å². The molecule has 140 valence electrons. The molecule has 0 aliphatic rings. The van der Waals surface area contributed by atoms with E-state index in [2.05, 4.69) is 5.32 Å². The first-order valence-corrected chi connectivity index (χ1v) is 8.25. The van der Waals surface area contributed by atoms with E-state index in [-0.39, 0.29) is 12.2 Å². The SMILES string of the molecule is Cc1ccc(C(=O)c2ccc(CC(=O)NC(CO)(CO)CO)n2C)cc1. The maximum Gasteiger partial charge on any atom is 0.226 e. The molecule has 1 heterocycles. The van der Waals surface area contributed by atoms with Gasteiger partial charge in [0.1, 0.15) is 5.54 Å². The summed E-state index contributed by atoms with van der Waals surface area (Å²) in [6.45, 7) is 0.181. The number of rotatable bonds is 8. The number of aliphatic hydroxyl groups is 3. The van der Waals surface area contributed by atoms with Crippen molar-refractivity contribution in [1.29, 1.82) is 0 Å². The van der Waals surface area contributed by atoms with Gasteiger partial charge in [-0.2, -0.15) is 0 Å². The van der Waals surface area contributed by atoms with Gasteiger partial charge in [0.25, 0.3) is 0 Å². The molecule has 0 saturated carbocycles. The summed E-state index contributed by atoms with van der Waals surface area (Å²) in [6.07, 6.45) is -0.0561. The van der Waals surface area contributed by atoms with Crippen molar-refractivity contribution in [3.05, 3.63) is 58.9 Å². The molecule has 7 heteroatoms. The summed E-state index contributed by atoms with van der Waals surface area (Å²) < 4.78 is 1.64. The Kier molecular flexibility index (Phi) is 6.31. The largest absolute Gasteiger partial charge is 0.394 e. The summed E-state index contributed by atoms with van der Waals surface area (Å²) in [5.41, 5.74) is 1.21. The predicted molar refractivity (Wildman–Crippen MR) is 95.9 cm³/mol. The summed E-state index contributed by atoms with van der Waals surface area (Å²) in [5.74, 6) is -0.618. The fourth-order valence-corrected chi connectivity index (χ4v) is 2.58. The van der Waals surface area contributed by atoms with Crippen molar-refractivity contribution in [2.45, 2.75) is 18.9 Å². The second-order valence-corrected chi connectivity index (χ2v) is 6.44. The van der Waals surface area contributed by atoms with Crippen LogP contribution in [0.4, 0.5) is 0 Å². The standard InChI is InChI=1S/C19H24N2O5/c1-13-3-5-14(6-4-13)18(26)16-8-7-15(21(16)2)9-17(25)20-19(10-22,11-23)12-24/h3-8,22-24H,9-12H2,1-2H3,(H,20,25). The van der Waals surface area contributed by atoms with Crippen molar-refractivity contribution < 1.29 is 24.9 Å². The van der Waals surface area contributed by atoms with Crippen LogP contribution in [-0.2, 0) is 18.3 Å². The molecule has 0 spiro atoms. The average molecular weight is 360 g/mol. The minimum absolute atomic E-state index is 0.0561. The second kappa shape index (κ2) is 8.27. The molecule has 2 rings (SSSR count). The van der Waals surface area contributed by atoms with Gasteiger partial charge in [-0.05, 0) is 19.1 Å². The molecule has 0 atom stereocenters. The molecule has 26 heavy (non-hydrogen) atoms. The van der Waals surface area contributed by atoms with Gasteiger partial charge in [0.05, 0.1) is 31.9 Å². The third-order valence-electron chi connectivity index (χ3n) is 4.43. The zero-order valence-corrected chi connectivity index (χ0v) is 14.9. The van der Waals surface area contributed by atoms with E-state index in [1.165, 1.54) is 0 Å². The number of benzene rings is 1. The van der Waals surface area contributed by atoms with E-state index in [4.69, 9.17) is 0 Å². The van der Waals surface area contributed by atoms with Crippen LogP contribution in [-0.4, -0.2) is 56.9 Å². The lowest BCUT2D eigenvalue weighted by Gasteiger charge is -2.28. The zero-order chi connectivity index (χ0) is 19.3. The molecule has 2 aromatic rings. The number of carbonyl (C=O) groups excluding carboxylic acids is 2. The van der Waals surface area contributed by atoms with E-state index in [9.17, 15) is 24.9 Å². The number of carbonyl (C=O) groups is 2. The maximum absolute atomic E-state index is 12.6. The Morgan fingerprint density at radius 1 is 1.00 bits per heavy atom. The van der Waals surface area contributed by atoms with Crippen molar-refractivity contribution in [2.75, 3.05) is 19.8 Å². The van der Waals surface area contributed by atoms with Gasteiger partial charge in [-0.3, -0.25) is 9.59 Å². The van der Waals surface area contributed by atoms with E-state index in [0.717, 1.165) is 5.56 Å². The quantitative estimate of drug-likeness (QED) is 0.493. The van der Waals surface area contributed by atoms with Gasteiger partial charge in [-0.25, -0.2) is 0 Å². The summed E-state index contributed by atoms with van der Waals surface area (Å²) in [6, 6.07) is 10.6. The molecule has 1 aromatic carbocycles. The van der Waals surface area contributed by atoms with Crippen molar-refractivity contribution in [1.82, 2.24) is 9.88 Å². The monoisotopic (exact) mass is 360 g/mol.